The zero-order chi connectivity index (χ0) is 14.5. The van der Waals surface area contributed by atoms with Gasteiger partial charge in [0, 0.05) is 15.7 Å². The molecule has 0 saturated heterocycles. The van der Waals surface area contributed by atoms with Crippen LogP contribution < -0.4 is 10.5 Å². The van der Waals surface area contributed by atoms with Crippen LogP contribution in [-0.2, 0) is 6.61 Å². The zero-order valence-corrected chi connectivity index (χ0v) is 13.5. The maximum atomic E-state index is 6.00. The largest absolute Gasteiger partial charge is 0.489 e. The van der Waals surface area contributed by atoms with Crippen LogP contribution in [0.5, 0.6) is 5.75 Å². The van der Waals surface area contributed by atoms with E-state index in [-0.39, 0.29) is 0 Å². The number of nitrogen functional groups attached to an aromatic ring is 1. The van der Waals surface area contributed by atoms with Crippen LogP contribution in [-0.4, -0.2) is 0 Å². The van der Waals surface area contributed by atoms with E-state index in [1.165, 1.54) is 5.56 Å². The lowest BCUT2D eigenvalue weighted by atomic mass is 9.98. The average molecular weight is 334 g/mol. The van der Waals surface area contributed by atoms with Crippen LogP contribution >= 0.6 is 15.9 Å². The number of rotatable bonds is 5. The van der Waals surface area contributed by atoms with Crippen LogP contribution in [0.15, 0.2) is 46.9 Å². The third-order valence-electron chi connectivity index (χ3n) is 3.55. The monoisotopic (exact) mass is 333 g/mol. The molecule has 0 aliphatic rings. The summed E-state index contributed by atoms with van der Waals surface area (Å²) in [5.74, 6) is 1.45. The maximum Gasteiger partial charge on any atom is 0.123 e. The Bertz CT molecular complexity index is 583. The SMILES string of the molecule is CCC(C)c1ccccc1OCc1cccc(N)c1Br. The Balaban J connectivity index is 2.17. The van der Waals surface area contributed by atoms with Gasteiger partial charge in [0.2, 0.25) is 0 Å². The van der Waals surface area contributed by atoms with Gasteiger partial charge in [-0.2, -0.15) is 0 Å². The lowest BCUT2D eigenvalue weighted by Crippen LogP contribution is -2.02. The summed E-state index contributed by atoms with van der Waals surface area (Å²) in [5, 5.41) is 0. The third-order valence-corrected chi connectivity index (χ3v) is 4.52. The molecule has 2 rings (SSSR count). The molecule has 0 heterocycles. The predicted molar refractivity (Wildman–Crippen MR) is 88.0 cm³/mol. The number of hydrogen-bond donors (Lipinski definition) is 1. The average Bonchev–Trinajstić information content (AvgIpc) is 2.48. The van der Waals surface area contributed by atoms with E-state index in [9.17, 15) is 0 Å². The number of halogens is 1. The molecule has 1 atom stereocenters. The van der Waals surface area contributed by atoms with Crippen molar-refractivity contribution in [2.75, 3.05) is 5.73 Å². The Morgan fingerprint density at radius 3 is 2.65 bits per heavy atom. The van der Waals surface area contributed by atoms with Gasteiger partial charge in [-0.3, -0.25) is 0 Å². The maximum absolute atomic E-state index is 6.00. The molecule has 106 valence electrons. The number of para-hydroxylation sites is 1. The standard InChI is InChI=1S/C17H20BrNO/c1-3-12(2)14-8-4-5-10-16(14)20-11-13-7-6-9-15(19)17(13)18/h4-10,12H,3,11,19H2,1-2H3. The second-order valence-electron chi connectivity index (χ2n) is 4.96. The third kappa shape index (κ3) is 3.34. The number of ether oxygens (including phenoxy) is 1. The Morgan fingerprint density at radius 1 is 1.15 bits per heavy atom. The number of hydrogen-bond acceptors (Lipinski definition) is 2. The molecule has 0 aliphatic carbocycles. The number of nitrogens with two attached hydrogens (primary N) is 1. The van der Waals surface area contributed by atoms with Crippen molar-refractivity contribution in [2.45, 2.75) is 32.8 Å². The second kappa shape index (κ2) is 6.80. The van der Waals surface area contributed by atoms with Gasteiger partial charge in [-0.1, -0.05) is 44.2 Å². The Hall–Kier alpha value is -1.48. The first-order chi connectivity index (χ1) is 9.63. The molecule has 0 aromatic heterocycles. The van der Waals surface area contributed by atoms with Gasteiger partial charge in [-0.15, -0.1) is 0 Å². The molecule has 3 heteroatoms. The summed E-state index contributed by atoms with van der Waals surface area (Å²) >= 11 is 3.51. The fourth-order valence-electron chi connectivity index (χ4n) is 2.11. The molecule has 0 amide bonds. The summed E-state index contributed by atoms with van der Waals surface area (Å²) in [6, 6.07) is 14.1. The lowest BCUT2D eigenvalue weighted by Gasteiger charge is -2.16. The molecule has 2 nitrogen and oxygen atoms in total. The van der Waals surface area contributed by atoms with Crippen molar-refractivity contribution in [1.29, 1.82) is 0 Å². The first-order valence-electron chi connectivity index (χ1n) is 6.88. The topological polar surface area (TPSA) is 35.2 Å². The Labute approximate surface area is 129 Å². The number of anilines is 1. The molecule has 2 N–H and O–H groups in total. The summed E-state index contributed by atoms with van der Waals surface area (Å²) in [5.41, 5.74) is 8.94. The molecule has 0 spiro atoms. The minimum absolute atomic E-state index is 0.496. The van der Waals surface area contributed by atoms with Crippen molar-refractivity contribution in [3.8, 4) is 5.75 Å². The summed E-state index contributed by atoms with van der Waals surface area (Å²) in [7, 11) is 0. The van der Waals surface area contributed by atoms with Crippen molar-refractivity contribution in [3.63, 3.8) is 0 Å². The van der Waals surface area contributed by atoms with E-state index in [2.05, 4.69) is 41.9 Å². The van der Waals surface area contributed by atoms with Crippen LogP contribution in [0.3, 0.4) is 0 Å². The summed E-state index contributed by atoms with van der Waals surface area (Å²) in [4.78, 5) is 0. The van der Waals surface area contributed by atoms with Gasteiger partial charge < -0.3 is 10.5 Å². The van der Waals surface area contributed by atoms with E-state index in [4.69, 9.17) is 10.5 Å². The number of benzene rings is 2. The van der Waals surface area contributed by atoms with Gasteiger partial charge in [0.25, 0.3) is 0 Å². The second-order valence-corrected chi connectivity index (χ2v) is 5.75. The molecule has 2 aromatic carbocycles. The van der Waals surface area contributed by atoms with Crippen molar-refractivity contribution in [3.05, 3.63) is 58.1 Å². The van der Waals surface area contributed by atoms with Gasteiger partial charge in [0.05, 0.1) is 0 Å². The van der Waals surface area contributed by atoms with E-state index in [1.807, 2.05) is 30.3 Å². The van der Waals surface area contributed by atoms with E-state index in [0.29, 0.717) is 12.5 Å². The van der Waals surface area contributed by atoms with Crippen LogP contribution in [0.4, 0.5) is 5.69 Å². The van der Waals surface area contributed by atoms with Crippen LogP contribution in [0.25, 0.3) is 0 Å². The van der Waals surface area contributed by atoms with E-state index in [1.54, 1.807) is 0 Å². The van der Waals surface area contributed by atoms with Gasteiger partial charge in [-0.05, 0) is 46.0 Å². The predicted octanol–water partition coefficient (Wildman–Crippen LogP) is 5.12. The fraction of sp³-hybridized carbons (Fsp3) is 0.294. The summed E-state index contributed by atoms with van der Waals surface area (Å²) in [6.07, 6.45) is 1.10. The summed E-state index contributed by atoms with van der Waals surface area (Å²) in [6.45, 7) is 4.92. The van der Waals surface area contributed by atoms with E-state index in [0.717, 1.165) is 27.9 Å². The highest BCUT2D eigenvalue weighted by Crippen LogP contribution is 2.30. The highest BCUT2D eigenvalue weighted by atomic mass is 79.9. The summed E-state index contributed by atoms with van der Waals surface area (Å²) < 4.78 is 6.91. The molecule has 0 aliphatic heterocycles. The van der Waals surface area contributed by atoms with E-state index >= 15 is 0 Å². The fourth-order valence-corrected chi connectivity index (χ4v) is 2.48. The van der Waals surface area contributed by atoms with Gasteiger partial charge in [0.15, 0.2) is 0 Å². The molecular formula is C17H20BrNO. The van der Waals surface area contributed by atoms with Gasteiger partial charge in [0.1, 0.15) is 12.4 Å². The van der Waals surface area contributed by atoms with Crippen LogP contribution in [0, 0.1) is 0 Å². The van der Waals surface area contributed by atoms with Gasteiger partial charge in [-0.25, -0.2) is 0 Å². The molecule has 0 bridgehead atoms. The Kier molecular flexibility index (Phi) is 5.07. The molecule has 0 radical (unpaired) electrons. The zero-order valence-electron chi connectivity index (χ0n) is 11.9. The first-order valence-corrected chi connectivity index (χ1v) is 7.67. The molecular weight excluding hydrogens is 314 g/mol. The molecule has 2 aromatic rings. The molecule has 1 unspecified atom stereocenters. The minimum atomic E-state index is 0.496. The smallest absolute Gasteiger partial charge is 0.123 e. The molecule has 20 heavy (non-hydrogen) atoms. The van der Waals surface area contributed by atoms with Crippen LogP contribution in [0.2, 0.25) is 0 Å². The molecule has 0 fully saturated rings. The normalized spacial score (nSPS) is 12.2. The lowest BCUT2D eigenvalue weighted by molar-refractivity contribution is 0.300. The van der Waals surface area contributed by atoms with Crippen molar-refractivity contribution < 1.29 is 4.74 Å². The minimum Gasteiger partial charge on any atom is -0.489 e. The van der Waals surface area contributed by atoms with E-state index < -0.39 is 0 Å². The van der Waals surface area contributed by atoms with Crippen molar-refractivity contribution >= 4 is 21.6 Å². The highest BCUT2D eigenvalue weighted by Gasteiger charge is 2.10. The quantitative estimate of drug-likeness (QED) is 0.770. The molecule has 0 saturated carbocycles. The van der Waals surface area contributed by atoms with Crippen molar-refractivity contribution in [1.82, 2.24) is 0 Å². The van der Waals surface area contributed by atoms with Gasteiger partial charge >= 0.3 is 0 Å². The van der Waals surface area contributed by atoms with Crippen LogP contribution in [0.1, 0.15) is 37.3 Å². The Morgan fingerprint density at radius 2 is 1.90 bits per heavy atom. The highest BCUT2D eigenvalue weighted by molar-refractivity contribution is 9.10. The first kappa shape index (κ1) is 14.9. The van der Waals surface area contributed by atoms with Crippen molar-refractivity contribution in [2.24, 2.45) is 0 Å².